The first kappa shape index (κ1) is 16.0. The van der Waals surface area contributed by atoms with Crippen molar-refractivity contribution in [2.45, 2.75) is 44.2 Å². The third-order valence-corrected chi connectivity index (χ3v) is 7.09. The number of thioether (sulfide) groups is 1. The molecule has 0 amide bonds. The molecule has 0 aromatic heterocycles. The Balaban J connectivity index is 1.88. The Labute approximate surface area is 142 Å². The molecule has 0 N–H and O–H groups in total. The van der Waals surface area contributed by atoms with Crippen molar-refractivity contribution in [3.8, 4) is 0 Å². The summed E-state index contributed by atoms with van der Waals surface area (Å²) in [6.07, 6.45) is 3.97. The summed E-state index contributed by atoms with van der Waals surface area (Å²) in [4.78, 5) is 2.63. The molecule has 0 unspecified atom stereocenters. The van der Waals surface area contributed by atoms with Gasteiger partial charge < -0.3 is 4.90 Å². The summed E-state index contributed by atoms with van der Waals surface area (Å²) in [6.45, 7) is 2.25. The quantitative estimate of drug-likeness (QED) is 0.728. The third kappa shape index (κ3) is 3.10. The molecule has 2 aliphatic heterocycles. The summed E-state index contributed by atoms with van der Waals surface area (Å²) in [5, 5.41) is 1.36. The number of hydrogen-bond donors (Lipinski definition) is 0. The highest BCUT2D eigenvalue weighted by molar-refractivity contribution is 7.99. The Morgan fingerprint density at radius 1 is 1.24 bits per heavy atom. The van der Waals surface area contributed by atoms with Gasteiger partial charge in [0.15, 0.2) is 0 Å². The lowest BCUT2D eigenvalue weighted by molar-refractivity contribution is 0.112. The van der Waals surface area contributed by atoms with E-state index in [9.17, 15) is 0 Å². The molecule has 0 saturated carbocycles. The number of rotatable bonds is 4. The summed E-state index contributed by atoms with van der Waals surface area (Å²) in [7, 11) is 2.32. The van der Waals surface area contributed by atoms with Gasteiger partial charge in [-0.3, -0.25) is 0 Å². The van der Waals surface area contributed by atoms with E-state index in [1.54, 1.807) is 0 Å². The van der Waals surface area contributed by atoms with Crippen molar-refractivity contribution in [3.05, 3.63) is 33.8 Å². The van der Waals surface area contributed by atoms with E-state index in [1.165, 1.54) is 36.3 Å². The zero-order valence-electron chi connectivity index (χ0n) is 12.7. The van der Waals surface area contributed by atoms with Crippen LogP contribution in [0.15, 0.2) is 18.2 Å². The molecule has 0 aliphatic carbocycles. The van der Waals surface area contributed by atoms with Crippen molar-refractivity contribution in [2.24, 2.45) is 5.92 Å². The minimum Gasteiger partial charge on any atom is -0.300 e. The van der Waals surface area contributed by atoms with Gasteiger partial charge in [-0.2, -0.15) is 11.8 Å². The fourth-order valence-corrected chi connectivity index (χ4v) is 5.45. The largest absolute Gasteiger partial charge is 0.300 e. The van der Waals surface area contributed by atoms with Crippen LogP contribution < -0.4 is 0 Å². The number of halogens is 2. The van der Waals surface area contributed by atoms with Crippen molar-refractivity contribution >= 4 is 35.0 Å². The van der Waals surface area contributed by atoms with E-state index in [0.717, 1.165) is 18.0 Å². The molecule has 0 radical (unpaired) electrons. The highest BCUT2D eigenvalue weighted by Gasteiger charge is 2.45. The van der Waals surface area contributed by atoms with Crippen LogP contribution in [-0.2, 0) is 0 Å². The molecule has 2 heterocycles. The van der Waals surface area contributed by atoms with Gasteiger partial charge in [-0.1, -0.05) is 36.2 Å². The van der Waals surface area contributed by atoms with Gasteiger partial charge in [0, 0.05) is 12.1 Å². The molecule has 1 aromatic rings. The molecular weight excluding hydrogens is 321 g/mol. The van der Waals surface area contributed by atoms with Crippen LogP contribution in [0.1, 0.15) is 37.7 Å². The number of benzene rings is 1. The lowest BCUT2D eigenvalue weighted by Crippen LogP contribution is -2.46. The second kappa shape index (κ2) is 6.70. The van der Waals surface area contributed by atoms with E-state index < -0.39 is 0 Å². The molecule has 2 aliphatic rings. The molecular formula is C17H23Cl2NS. The van der Waals surface area contributed by atoms with E-state index in [2.05, 4.69) is 42.8 Å². The first-order valence-electron chi connectivity index (χ1n) is 7.86. The molecule has 4 heteroatoms. The Morgan fingerprint density at radius 2 is 2.05 bits per heavy atom. The molecule has 116 valence electrons. The van der Waals surface area contributed by atoms with Gasteiger partial charge >= 0.3 is 0 Å². The summed E-state index contributed by atoms with van der Waals surface area (Å²) in [5.41, 5.74) is 1.39. The predicted molar refractivity (Wildman–Crippen MR) is 94.9 cm³/mol. The van der Waals surface area contributed by atoms with Gasteiger partial charge in [0.25, 0.3) is 0 Å². The average Bonchev–Trinajstić information content (AvgIpc) is 2.72. The zero-order chi connectivity index (χ0) is 15.0. The summed E-state index contributed by atoms with van der Waals surface area (Å²) in [5.74, 6) is 3.82. The average molecular weight is 344 g/mol. The van der Waals surface area contributed by atoms with Crippen LogP contribution in [-0.4, -0.2) is 35.5 Å². The maximum Gasteiger partial charge on any atom is 0.0595 e. The predicted octanol–water partition coefficient (Wildman–Crippen LogP) is 5.31. The minimum atomic E-state index is 0.632. The SMILES string of the molecule is CCSC[C@@H]1[C@H]2CC[C@H](C[C@H]1c1ccc(Cl)c(Cl)c1)N2C. The molecule has 0 spiro atoms. The molecule has 1 aromatic carbocycles. The van der Waals surface area contributed by atoms with Crippen LogP contribution in [0.3, 0.4) is 0 Å². The van der Waals surface area contributed by atoms with Crippen molar-refractivity contribution < 1.29 is 0 Å². The number of piperidine rings is 1. The van der Waals surface area contributed by atoms with Crippen LogP contribution in [0.4, 0.5) is 0 Å². The van der Waals surface area contributed by atoms with Crippen LogP contribution in [0.2, 0.25) is 10.0 Å². The van der Waals surface area contributed by atoms with E-state index in [-0.39, 0.29) is 0 Å². The van der Waals surface area contributed by atoms with Crippen LogP contribution in [0, 0.1) is 5.92 Å². The van der Waals surface area contributed by atoms with E-state index in [0.29, 0.717) is 16.0 Å². The normalized spacial score (nSPS) is 32.6. The monoisotopic (exact) mass is 343 g/mol. The van der Waals surface area contributed by atoms with E-state index in [1.807, 2.05) is 6.07 Å². The standard InChI is InChI=1S/C17H23Cl2NS/c1-3-21-10-14-13(9-12-5-7-17(14)20(12)2)11-4-6-15(18)16(19)8-11/h4,6,8,12-14,17H,3,5,7,9-10H2,1-2H3/t12-,13+,14+,17-/m1/s1. The van der Waals surface area contributed by atoms with Crippen molar-refractivity contribution in [1.29, 1.82) is 0 Å². The Kier molecular flexibility index (Phi) is 5.10. The van der Waals surface area contributed by atoms with Gasteiger partial charge in [-0.05, 0) is 67.3 Å². The Hall–Kier alpha value is 0.110. The lowest BCUT2D eigenvalue weighted by Gasteiger charge is -2.43. The molecule has 1 nitrogen and oxygen atoms in total. The highest BCUT2D eigenvalue weighted by atomic mass is 35.5. The molecule has 3 rings (SSSR count). The molecule has 21 heavy (non-hydrogen) atoms. The fraction of sp³-hybridized carbons (Fsp3) is 0.647. The summed E-state index contributed by atoms with van der Waals surface area (Å²) in [6, 6.07) is 7.74. The van der Waals surface area contributed by atoms with Crippen LogP contribution in [0.25, 0.3) is 0 Å². The van der Waals surface area contributed by atoms with Gasteiger partial charge in [0.05, 0.1) is 10.0 Å². The van der Waals surface area contributed by atoms with Crippen LogP contribution >= 0.6 is 35.0 Å². The summed E-state index contributed by atoms with van der Waals surface area (Å²) < 4.78 is 0. The highest BCUT2D eigenvalue weighted by Crippen LogP contribution is 2.47. The lowest BCUT2D eigenvalue weighted by atomic mass is 9.77. The van der Waals surface area contributed by atoms with E-state index >= 15 is 0 Å². The summed E-state index contributed by atoms with van der Waals surface area (Å²) >= 11 is 14.4. The first-order valence-corrected chi connectivity index (χ1v) is 9.77. The molecule has 2 bridgehead atoms. The van der Waals surface area contributed by atoms with Crippen LogP contribution in [0.5, 0.6) is 0 Å². The number of nitrogens with zero attached hydrogens (tertiary/aromatic N) is 1. The smallest absolute Gasteiger partial charge is 0.0595 e. The Bertz CT molecular complexity index is 508. The van der Waals surface area contributed by atoms with Gasteiger partial charge in [-0.25, -0.2) is 0 Å². The van der Waals surface area contributed by atoms with Crippen molar-refractivity contribution in [1.82, 2.24) is 4.90 Å². The molecule has 4 atom stereocenters. The molecule has 2 fully saturated rings. The second-order valence-corrected chi connectivity index (χ2v) is 8.44. The maximum absolute atomic E-state index is 6.25. The molecule has 2 saturated heterocycles. The van der Waals surface area contributed by atoms with Crippen molar-refractivity contribution in [3.63, 3.8) is 0 Å². The minimum absolute atomic E-state index is 0.632. The van der Waals surface area contributed by atoms with Gasteiger partial charge in [-0.15, -0.1) is 0 Å². The van der Waals surface area contributed by atoms with Gasteiger partial charge in [0.1, 0.15) is 0 Å². The van der Waals surface area contributed by atoms with E-state index in [4.69, 9.17) is 23.2 Å². The van der Waals surface area contributed by atoms with Crippen molar-refractivity contribution in [2.75, 3.05) is 18.6 Å². The third-order valence-electron chi connectivity index (χ3n) is 5.32. The topological polar surface area (TPSA) is 3.24 Å². The maximum atomic E-state index is 6.25. The Morgan fingerprint density at radius 3 is 2.76 bits per heavy atom. The van der Waals surface area contributed by atoms with Gasteiger partial charge in [0.2, 0.25) is 0 Å². The first-order chi connectivity index (χ1) is 10.1. The zero-order valence-corrected chi connectivity index (χ0v) is 15.0. The number of fused-ring (bicyclic) bond motifs is 2. The number of hydrogen-bond acceptors (Lipinski definition) is 2. The second-order valence-electron chi connectivity index (χ2n) is 6.30. The fourth-order valence-electron chi connectivity index (χ4n) is 4.18.